The monoisotopic (exact) mass is 343 g/mol. The third-order valence-electron chi connectivity index (χ3n) is 4.11. The van der Waals surface area contributed by atoms with Crippen molar-refractivity contribution in [2.24, 2.45) is 0 Å². The van der Waals surface area contributed by atoms with Crippen LogP contribution in [0.3, 0.4) is 0 Å². The number of hydrogen-bond acceptors (Lipinski definition) is 4. The maximum atomic E-state index is 12.7. The summed E-state index contributed by atoms with van der Waals surface area (Å²) in [5, 5.41) is 19.0. The minimum Gasteiger partial charge on any atom is -0.489 e. The van der Waals surface area contributed by atoms with Crippen molar-refractivity contribution in [1.29, 1.82) is 0 Å². The van der Waals surface area contributed by atoms with Crippen molar-refractivity contribution in [3.63, 3.8) is 0 Å². The van der Waals surface area contributed by atoms with Gasteiger partial charge < -0.3 is 15.2 Å². The molecule has 0 unspecified atom stereocenters. The van der Waals surface area contributed by atoms with Gasteiger partial charge in [-0.3, -0.25) is 9.89 Å². The van der Waals surface area contributed by atoms with Crippen LogP contribution in [0.15, 0.2) is 18.2 Å². The fourth-order valence-corrected chi connectivity index (χ4v) is 2.97. The van der Waals surface area contributed by atoms with Crippen LogP contribution in [0.25, 0.3) is 0 Å². The molecule has 1 heterocycles. The molecule has 0 bridgehead atoms. The summed E-state index contributed by atoms with van der Waals surface area (Å²) >= 11 is 0. The van der Waals surface area contributed by atoms with E-state index in [2.05, 4.69) is 15.5 Å². The number of nitrogens with one attached hydrogen (secondary N) is 2. The van der Waals surface area contributed by atoms with Gasteiger partial charge >= 0.3 is 5.97 Å². The Labute approximate surface area is 145 Å². The SMILES string of the molecule is CC(C)Oc1ccc(C(=O)O)cc1NC(=O)c1n[nH]c2c1CCCC2. The van der Waals surface area contributed by atoms with Gasteiger partial charge in [0.25, 0.3) is 5.91 Å². The van der Waals surface area contributed by atoms with E-state index in [1.54, 1.807) is 6.07 Å². The lowest BCUT2D eigenvalue weighted by atomic mass is 9.96. The average molecular weight is 343 g/mol. The second kappa shape index (κ2) is 6.96. The molecule has 0 spiro atoms. The van der Waals surface area contributed by atoms with Gasteiger partial charge in [-0.1, -0.05) is 0 Å². The van der Waals surface area contributed by atoms with Gasteiger partial charge in [0, 0.05) is 11.3 Å². The summed E-state index contributed by atoms with van der Waals surface area (Å²) in [6.07, 6.45) is 3.72. The van der Waals surface area contributed by atoms with E-state index in [0.717, 1.165) is 36.9 Å². The molecule has 132 valence electrons. The van der Waals surface area contributed by atoms with Crippen molar-refractivity contribution < 1.29 is 19.4 Å². The second-order valence-corrected chi connectivity index (χ2v) is 6.37. The summed E-state index contributed by atoms with van der Waals surface area (Å²) in [6, 6.07) is 4.41. The van der Waals surface area contributed by atoms with E-state index in [9.17, 15) is 14.7 Å². The van der Waals surface area contributed by atoms with Gasteiger partial charge in [0.05, 0.1) is 17.4 Å². The molecule has 25 heavy (non-hydrogen) atoms. The van der Waals surface area contributed by atoms with Crippen molar-refractivity contribution in [1.82, 2.24) is 10.2 Å². The highest BCUT2D eigenvalue weighted by Crippen LogP contribution is 2.29. The minimum atomic E-state index is -1.07. The number of nitrogens with zero attached hydrogens (tertiary/aromatic N) is 1. The van der Waals surface area contributed by atoms with E-state index in [1.165, 1.54) is 12.1 Å². The number of aryl methyl sites for hydroxylation is 1. The Balaban J connectivity index is 1.90. The van der Waals surface area contributed by atoms with Crippen LogP contribution in [0, 0.1) is 0 Å². The summed E-state index contributed by atoms with van der Waals surface area (Å²) in [6.45, 7) is 3.72. The zero-order chi connectivity index (χ0) is 18.0. The molecule has 1 aromatic heterocycles. The normalized spacial score (nSPS) is 13.4. The number of amides is 1. The maximum absolute atomic E-state index is 12.7. The molecular formula is C18H21N3O4. The van der Waals surface area contributed by atoms with Crippen molar-refractivity contribution in [2.45, 2.75) is 45.6 Å². The number of rotatable bonds is 5. The number of anilines is 1. The third kappa shape index (κ3) is 3.65. The number of ether oxygens (including phenoxy) is 1. The van der Waals surface area contributed by atoms with E-state index in [1.807, 2.05) is 13.8 Å². The molecule has 3 rings (SSSR count). The minimum absolute atomic E-state index is 0.0791. The fraction of sp³-hybridized carbons (Fsp3) is 0.389. The van der Waals surface area contributed by atoms with E-state index in [-0.39, 0.29) is 17.6 Å². The number of carbonyl (C=O) groups excluding carboxylic acids is 1. The lowest BCUT2D eigenvalue weighted by molar-refractivity contribution is 0.0696. The van der Waals surface area contributed by atoms with Crippen molar-refractivity contribution in [2.75, 3.05) is 5.32 Å². The second-order valence-electron chi connectivity index (χ2n) is 6.37. The molecular weight excluding hydrogens is 322 g/mol. The molecule has 0 aliphatic heterocycles. The van der Waals surface area contributed by atoms with Crippen LogP contribution in [0.5, 0.6) is 5.75 Å². The lowest BCUT2D eigenvalue weighted by Crippen LogP contribution is -2.17. The first-order chi connectivity index (χ1) is 12.0. The topological polar surface area (TPSA) is 104 Å². The highest BCUT2D eigenvalue weighted by molar-refractivity contribution is 6.05. The number of aromatic amines is 1. The molecule has 1 aromatic carbocycles. The first kappa shape index (κ1) is 17.0. The number of aromatic carboxylic acids is 1. The summed E-state index contributed by atoms with van der Waals surface area (Å²) in [7, 11) is 0. The molecule has 0 saturated heterocycles. The van der Waals surface area contributed by atoms with Crippen molar-refractivity contribution >= 4 is 17.6 Å². The Morgan fingerprint density at radius 3 is 2.76 bits per heavy atom. The number of carbonyl (C=O) groups is 2. The predicted octanol–water partition coefficient (Wildman–Crippen LogP) is 3.03. The number of carboxylic acids is 1. The molecule has 0 atom stereocenters. The van der Waals surface area contributed by atoms with E-state index in [0.29, 0.717) is 17.1 Å². The Hall–Kier alpha value is -2.83. The van der Waals surface area contributed by atoms with Crippen LogP contribution in [-0.4, -0.2) is 33.3 Å². The van der Waals surface area contributed by atoms with Crippen LogP contribution in [0.4, 0.5) is 5.69 Å². The molecule has 2 aromatic rings. The Kier molecular flexibility index (Phi) is 4.74. The molecule has 0 fully saturated rings. The number of aromatic nitrogens is 2. The average Bonchev–Trinajstić information content (AvgIpc) is 3.00. The quantitative estimate of drug-likeness (QED) is 0.774. The summed E-state index contributed by atoms with van der Waals surface area (Å²) in [4.78, 5) is 23.9. The van der Waals surface area contributed by atoms with Crippen molar-refractivity contribution in [3.05, 3.63) is 40.7 Å². The zero-order valence-corrected chi connectivity index (χ0v) is 14.3. The summed E-state index contributed by atoms with van der Waals surface area (Å²) in [5.41, 5.74) is 2.73. The predicted molar refractivity (Wildman–Crippen MR) is 92.3 cm³/mol. The Morgan fingerprint density at radius 1 is 1.28 bits per heavy atom. The fourth-order valence-electron chi connectivity index (χ4n) is 2.97. The van der Waals surface area contributed by atoms with Crippen LogP contribution in [-0.2, 0) is 12.8 Å². The van der Waals surface area contributed by atoms with Gasteiger partial charge in [0.1, 0.15) is 5.75 Å². The lowest BCUT2D eigenvalue weighted by Gasteiger charge is -2.16. The molecule has 7 heteroatoms. The summed E-state index contributed by atoms with van der Waals surface area (Å²) in [5.74, 6) is -1.00. The summed E-state index contributed by atoms with van der Waals surface area (Å²) < 4.78 is 5.68. The largest absolute Gasteiger partial charge is 0.489 e. The first-order valence-corrected chi connectivity index (χ1v) is 8.37. The molecule has 7 nitrogen and oxygen atoms in total. The van der Waals surface area contributed by atoms with Gasteiger partial charge in [0.2, 0.25) is 0 Å². The van der Waals surface area contributed by atoms with E-state index < -0.39 is 5.97 Å². The Morgan fingerprint density at radius 2 is 2.04 bits per heavy atom. The Bertz CT molecular complexity index is 811. The number of hydrogen-bond donors (Lipinski definition) is 3. The van der Waals surface area contributed by atoms with E-state index in [4.69, 9.17) is 4.74 Å². The molecule has 3 N–H and O–H groups in total. The van der Waals surface area contributed by atoms with Gasteiger partial charge in [-0.2, -0.15) is 5.10 Å². The maximum Gasteiger partial charge on any atom is 0.335 e. The first-order valence-electron chi connectivity index (χ1n) is 8.37. The van der Waals surface area contributed by atoms with E-state index >= 15 is 0 Å². The van der Waals surface area contributed by atoms with Gasteiger partial charge in [0.15, 0.2) is 5.69 Å². The number of fused-ring (bicyclic) bond motifs is 1. The van der Waals surface area contributed by atoms with Crippen LogP contribution >= 0.6 is 0 Å². The van der Waals surface area contributed by atoms with Crippen molar-refractivity contribution in [3.8, 4) is 5.75 Å². The van der Waals surface area contributed by atoms with Gasteiger partial charge in [-0.05, 0) is 57.7 Å². The van der Waals surface area contributed by atoms with Crippen LogP contribution in [0.1, 0.15) is 58.8 Å². The highest BCUT2D eigenvalue weighted by atomic mass is 16.5. The standard InChI is InChI=1S/C18H21N3O4/c1-10(2)25-15-8-7-11(18(23)24)9-14(15)19-17(22)16-12-5-3-4-6-13(12)20-21-16/h7-10H,3-6H2,1-2H3,(H,19,22)(H,20,21)(H,23,24). The number of H-pyrrole nitrogens is 1. The number of carboxylic acid groups (broad SMARTS) is 1. The molecule has 0 radical (unpaired) electrons. The highest BCUT2D eigenvalue weighted by Gasteiger charge is 2.23. The zero-order valence-electron chi connectivity index (χ0n) is 14.3. The third-order valence-corrected chi connectivity index (χ3v) is 4.11. The smallest absolute Gasteiger partial charge is 0.335 e. The molecule has 1 aliphatic rings. The van der Waals surface area contributed by atoms with Gasteiger partial charge in [-0.15, -0.1) is 0 Å². The molecule has 0 saturated carbocycles. The van der Waals surface area contributed by atoms with Gasteiger partial charge in [-0.25, -0.2) is 4.79 Å². The van der Waals surface area contributed by atoms with Crippen LogP contribution in [0.2, 0.25) is 0 Å². The molecule has 1 aliphatic carbocycles. The molecule has 1 amide bonds. The number of benzene rings is 1. The van der Waals surface area contributed by atoms with Crippen LogP contribution < -0.4 is 10.1 Å².